The summed E-state index contributed by atoms with van der Waals surface area (Å²) in [6, 6.07) is 4.00. The highest BCUT2D eigenvalue weighted by Crippen LogP contribution is 2.34. The molecule has 0 aromatic carbocycles. The number of pyridine rings is 1. The van der Waals surface area contributed by atoms with E-state index in [1.54, 1.807) is 12.3 Å². The maximum atomic E-state index is 8.77. The molecule has 1 atom stereocenters. The van der Waals surface area contributed by atoms with Crippen LogP contribution in [-0.2, 0) is 6.42 Å². The molecular formula is C9H7ClN2. The average molecular weight is 179 g/mol. The van der Waals surface area contributed by atoms with Gasteiger partial charge in [0.2, 0.25) is 0 Å². The van der Waals surface area contributed by atoms with Crippen LogP contribution in [0.3, 0.4) is 0 Å². The summed E-state index contributed by atoms with van der Waals surface area (Å²) in [4.78, 5) is 4.17. The van der Waals surface area contributed by atoms with Crippen LogP contribution in [0.2, 0.25) is 5.02 Å². The summed E-state index contributed by atoms with van der Waals surface area (Å²) in [5.41, 5.74) is 1.94. The SMILES string of the molecule is N#C[C@@H]1CCc2c(Cl)ccnc21. The molecule has 0 amide bonds. The van der Waals surface area contributed by atoms with Crippen LogP contribution >= 0.6 is 11.6 Å². The van der Waals surface area contributed by atoms with Crippen LogP contribution < -0.4 is 0 Å². The highest BCUT2D eigenvalue weighted by Gasteiger charge is 2.24. The predicted molar refractivity (Wildman–Crippen MR) is 45.9 cm³/mol. The normalized spacial score (nSPS) is 20.2. The fraction of sp³-hybridized carbons (Fsp3) is 0.333. The van der Waals surface area contributed by atoms with Gasteiger partial charge in [0.05, 0.1) is 17.7 Å². The quantitative estimate of drug-likeness (QED) is 0.611. The van der Waals surface area contributed by atoms with Crippen molar-refractivity contribution in [2.24, 2.45) is 0 Å². The summed E-state index contributed by atoms with van der Waals surface area (Å²) in [7, 11) is 0. The Balaban J connectivity index is 2.55. The first-order chi connectivity index (χ1) is 5.83. The summed E-state index contributed by atoms with van der Waals surface area (Å²) in [5.74, 6) is -0.0429. The Morgan fingerprint density at radius 3 is 3.25 bits per heavy atom. The number of hydrogen-bond acceptors (Lipinski definition) is 2. The lowest BCUT2D eigenvalue weighted by molar-refractivity contribution is 0.810. The van der Waals surface area contributed by atoms with E-state index in [0.717, 1.165) is 29.1 Å². The molecule has 0 spiro atoms. The van der Waals surface area contributed by atoms with Gasteiger partial charge in [-0.25, -0.2) is 0 Å². The highest BCUT2D eigenvalue weighted by molar-refractivity contribution is 6.31. The second-order valence-corrected chi connectivity index (χ2v) is 3.28. The molecule has 1 aromatic rings. The number of nitrogens with zero attached hydrogens (tertiary/aromatic N) is 2. The first kappa shape index (κ1) is 7.57. The lowest BCUT2D eigenvalue weighted by atomic mass is 10.1. The van der Waals surface area contributed by atoms with Gasteiger partial charge in [-0.3, -0.25) is 4.98 Å². The second-order valence-electron chi connectivity index (χ2n) is 2.88. The van der Waals surface area contributed by atoms with E-state index in [4.69, 9.17) is 16.9 Å². The Hall–Kier alpha value is -1.07. The standard InChI is InChI=1S/C9H7ClN2/c10-8-3-4-12-9-6(5-11)1-2-7(8)9/h3-4,6H,1-2H2/t6-/m0/s1. The van der Waals surface area contributed by atoms with Crippen LogP contribution in [0.5, 0.6) is 0 Å². The van der Waals surface area contributed by atoms with Crippen LogP contribution in [0.1, 0.15) is 23.6 Å². The van der Waals surface area contributed by atoms with Crippen molar-refractivity contribution in [3.8, 4) is 6.07 Å². The van der Waals surface area contributed by atoms with Crippen LogP contribution in [0.15, 0.2) is 12.3 Å². The molecule has 0 N–H and O–H groups in total. The molecule has 1 heterocycles. The summed E-state index contributed by atoms with van der Waals surface area (Å²) >= 11 is 5.94. The lowest BCUT2D eigenvalue weighted by Gasteiger charge is -2.00. The molecule has 2 rings (SSSR count). The van der Waals surface area contributed by atoms with E-state index in [0.29, 0.717) is 0 Å². The van der Waals surface area contributed by atoms with Gasteiger partial charge in [-0.2, -0.15) is 5.26 Å². The molecule has 0 bridgehead atoms. The molecule has 60 valence electrons. The zero-order valence-corrected chi connectivity index (χ0v) is 7.17. The van der Waals surface area contributed by atoms with Crippen LogP contribution in [-0.4, -0.2) is 4.98 Å². The largest absolute Gasteiger partial charge is 0.260 e. The molecular weight excluding hydrogens is 172 g/mol. The zero-order chi connectivity index (χ0) is 8.55. The molecule has 0 radical (unpaired) electrons. The van der Waals surface area contributed by atoms with E-state index in [-0.39, 0.29) is 5.92 Å². The monoisotopic (exact) mass is 178 g/mol. The van der Waals surface area contributed by atoms with Crippen molar-refractivity contribution >= 4 is 11.6 Å². The zero-order valence-electron chi connectivity index (χ0n) is 6.42. The molecule has 1 aromatic heterocycles. The van der Waals surface area contributed by atoms with E-state index in [2.05, 4.69) is 11.1 Å². The number of halogens is 1. The smallest absolute Gasteiger partial charge is 0.0891 e. The van der Waals surface area contributed by atoms with Crippen molar-refractivity contribution in [2.75, 3.05) is 0 Å². The fourth-order valence-electron chi connectivity index (χ4n) is 1.58. The lowest BCUT2D eigenvalue weighted by Crippen LogP contribution is -1.92. The first-order valence-electron chi connectivity index (χ1n) is 3.86. The third-order valence-corrected chi connectivity index (χ3v) is 2.55. The van der Waals surface area contributed by atoms with Gasteiger partial charge in [0.25, 0.3) is 0 Å². The molecule has 2 nitrogen and oxygen atoms in total. The van der Waals surface area contributed by atoms with Crippen molar-refractivity contribution in [1.29, 1.82) is 5.26 Å². The predicted octanol–water partition coefficient (Wildman–Crippen LogP) is 2.29. The van der Waals surface area contributed by atoms with Gasteiger partial charge in [-0.05, 0) is 24.5 Å². The van der Waals surface area contributed by atoms with Gasteiger partial charge in [-0.1, -0.05) is 11.6 Å². The number of rotatable bonds is 0. The van der Waals surface area contributed by atoms with E-state index in [9.17, 15) is 0 Å². The summed E-state index contributed by atoms with van der Waals surface area (Å²) in [5, 5.41) is 9.52. The van der Waals surface area contributed by atoms with Gasteiger partial charge < -0.3 is 0 Å². The topological polar surface area (TPSA) is 36.7 Å². The average Bonchev–Trinajstić information content (AvgIpc) is 2.49. The molecule has 0 fully saturated rings. The Kier molecular flexibility index (Phi) is 1.74. The Morgan fingerprint density at radius 2 is 2.50 bits per heavy atom. The summed E-state index contributed by atoms with van der Waals surface area (Å²) in [6.07, 6.45) is 3.42. The maximum Gasteiger partial charge on any atom is 0.0891 e. The van der Waals surface area contributed by atoms with Gasteiger partial charge in [-0.15, -0.1) is 0 Å². The molecule has 0 aliphatic heterocycles. The van der Waals surface area contributed by atoms with Crippen LogP contribution in [0.4, 0.5) is 0 Å². The number of nitriles is 1. The molecule has 3 heteroatoms. The number of fused-ring (bicyclic) bond motifs is 1. The van der Waals surface area contributed by atoms with Crippen molar-refractivity contribution in [1.82, 2.24) is 4.98 Å². The molecule has 0 saturated heterocycles. The first-order valence-corrected chi connectivity index (χ1v) is 4.23. The Labute approximate surface area is 75.8 Å². The van der Waals surface area contributed by atoms with Gasteiger partial charge in [0.1, 0.15) is 0 Å². The second kappa shape index (κ2) is 2.76. The van der Waals surface area contributed by atoms with Crippen molar-refractivity contribution < 1.29 is 0 Å². The van der Waals surface area contributed by atoms with Crippen LogP contribution in [0.25, 0.3) is 0 Å². The van der Waals surface area contributed by atoms with E-state index >= 15 is 0 Å². The molecule has 1 aliphatic rings. The van der Waals surface area contributed by atoms with Crippen molar-refractivity contribution in [3.63, 3.8) is 0 Å². The fourth-order valence-corrected chi connectivity index (χ4v) is 1.83. The minimum Gasteiger partial charge on any atom is -0.260 e. The van der Waals surface area contributed by atoms with Gasteiger partial charge in [0, 0.05) is 11.2 Å². The van der Waals surface area contributed by atoms with E-state index < -0.39 is 0 Å². The Morgan fingerprint density at radius 1 is 1.67 bits per heavy atom. The van der Waals surface area contributed by atoms with E-state index in [1.807, 2.05) is 0 Å². The minimum absolute atomic E-state index is 0.0429. The van der Waals surface area contributed by atoms with Gasteiger partial charge in [0.15, 0.2) is 0 Å². The number of hydrogen-bond donors (Lipinski definition) is 0. The molecule has 1 aliphatic carbocycles. The minimum atomic E-state index is -0.0429. The molecule has 12 heavy (non-hydrogen) atoms. The van der Waals surface area contributed by atoms with Crippen LogP contribution in [0, 0.1) is 11.3 Å². The third kappa shape index (κ3) is 0.981. The summed E-state index contributed by atoms with van der Waals surface area (Å²) < 4.78 is 0. The summed E-state index contributed by atoms with van der Waals surface area (Å²) in [6.45, 7) is 0. The van der Waals surface area contributed by atoms with Gasteiger partial charge >= 0.3 is 0 Å². The number of aromatic nitrogens is 1. The maximum absolute atomic E-state index is 8.77. The van der Waals surface area contributed by atoms with Crippen molar-refractivity contribution in [3.05, 3.63) is 28.5 Å². The van der Waals surface area contributed by atoms with Crippen molar-refractivity contribution in [2.45, 2.75) is 18.8 Å². The van der Waals surface area contributed by atoms with E-state index in [1.165, 1.54) is 0 Å². The molecule has 0 saturated carbocycles. The third-order valence-electron chi connectivity index (χ3n) is 2.20. The highest BCUT2D eigenvalue weighted by atomic mass is 35.5. The molecule has 0 unspecified atom stereocenters. The Bertz CT molecular complexity index is 354.